The summed E-state index contributed by atoms with van der Waals surface area (Å²) in [6.45, 7) is 0.676. The summed E-state index contributed by atoms with van der Waals surface area (Å²) in [4.78, 5) is 11.3. The van der Waals surface area contributed by atoms with Crippen LogP contribution in [0.15, 0.2) is 24.3 Å². The molecule has 0 unspecified atom stereocenters. The van der Waals surface area contributed by atoms with Crippen LogP contribution in [-0.4, -0.2) is 9.83 Å². The Morgan fingerprint density at radius 1 is 1.36 bits per heavy atom. The monoisotopic (exact) mass is 211 g/mol. The van der Waals surface area contributed by atoms with E-state index in [-0.39, 0.29) is 5.91 Å². The molecule has 2 nitrogen and oxygen atoms in total. The lowest BCUT2D eigenvalue weighted by molar-refractivity contribution is 0.0896. The normalized spacial score (nSPS) is 15.4. The smallest absolute Gasteiger partial charge is 0.264 e. The summed E-state index contributed by atoms with van der Waals surface area (Å²) < 4.78 is 1.54. The molecule has 1 aliphatic heterocycles. The summed E-state index contributed by atoms with van der Waals surface area (Å²) in [5.74, 6) is 0.0561. The minimum Gasteiger partial charge on any atom is -0.270 e. The Hall–Kier alpha value is -0.830. The quantitative estimate of drug-likeness (QED) is 0.602. The van der Waals surface area contributed by atoms with Crippen LogP contribution in [0, 0.1) is 0 Å². The minimum atomic E-state index is 0.0561. The molecule has 0 saturated heterocycles. The van der Waals surface area contributed by atoms with E-state index in [2.05, 4.69) is 16.1 Å². The number of halogens is 1. The van der Waals surface area contributed by atoms with Gasteiger partial charge in [0.15, 0.2) is 0 Å². The molecule has 0 aromatic heterocycles. The first-order valence-electron chi connectivity index (χ1n) is 3.34. The number of benzene rings is 1. The van der Waals surface area contributed by atoms with Crippen molar-refractivity contribution in [2.24, 2.45) is 0 Å². The maximum Gasteiger partial charge on any atom is 0.264 e. The molecule has 0 spiro atoms. The van der Waals surface area contributed by atoms with Gasteiger partial charge in [0, 0.05) is 5.56 Å². The lowest BCUT2D eigenvalue weighted by Crippen LogP contribution is -2.10. The highest BCUT2D eigenvalue weighted by molar-refractivity contribution is 9.07. The topological polar surface area (TPSA) is 20.3 Å². The van der Waals surface area contributed by atoms with E-state index < -0.39 is 0 Å². The van der Waals surface area contributed by atoms with E-state index >= 15 is 0 Å². The first-order valence-corrected chi connectivity index (χ1v) is 4.05. The molecule has 0 atom stereocenters. The zero-order valence-electron chi connectivity index (χ0n) is 5.75. The van der Waals surface area contributed by atoms with Crippen LogP contribution in [0.3, 0.4) is 0 Å². The zero-order valence-corrected chi connectivity index (χ0v) is 7.34. The SMILES string of the molecule is O=C1c2ccccc2CN1Br. The van der Waals surface area contributed by atoms with Crippen molar-refractivity contribution in [1.82, 2.24) is 3.93 Å². The highest BCUT2D eigenvalue weighted by Crippen LogP contribution is 2.24. The lowest BCUT2D eigenvalue weighted by atomic mass is 10.1. The molecule has 11 heavy (non-hydrogen) atoms. The number of amides is 1. The van der Waals surface area contributed by atoms with Crippen molar-refractivity contribution in [2.75, 3.05) is 0 Å². The molecule has 56 valence electrons. The maximum atomic E-state index is 11.3. The van der Waals surface area contributed by atoms with E-state index in [1.54, 1.807) is 0 Å². The predicted molar refractivity (Wildman–Crippen MR) is 45.2 cm³/mol. The average Bonchev–Trinajstić information content (AvgIpc) is 2.30. The third-order valence-electron chi connectivity index (χ3n) is 1.78. The molecule has 1 heterocycles. The van der Waals surface area contributed by atoms with Gasteiger partial charge in [-0.15, -0.1) is 0 Å². The van der Waals surface area contributed by atoms with E-state index in [9.17, 15) is 4.79 Å². The number of carbonyl (C=O) groups is 1. The van der Waals surface area contributed by atoms with E-state index in [0.717, 1.165) is 11.1 Å². The molecule has 0 saturated carbocycles. The van der Waals surface area contributed by atoms with Crippen LogP contribution >= 0.6 is 16.1 Å². The number of fused-ring (bicyclic) bond motifs is 1. The molecule has 2 rings (SSSR count). The largest absolute Gasteiger partial charge is 0.270 e. The van der Waals surface area contributed by atoms with Gasteiger partial charge in [0.05, 0.1) is 22.7 Å². The van der Waals surface area contributed by atoms with E-state index in [1.165, 1.54) is 3.93 Å². The highest BCUT2D eigenvalue weighted by Gasteiger charge is 2.24. The summed E-state index contributed by atoms with van der Waals surface area (Å²) in [5.41, 5.74) is 1.90. The fraction of sp³-hybridized carbons (Fsp3) is 0.125. The third kappa shape index (κ3) is 0.959. The average molecular weight is 212 g/mol. The van der Waals surface area contributed by atoms with Crippen LogP contribution in [0.1, 0.15) is 15.9 Å². The summed E-state index contributed by atoms with van der Waals surface area (Å²) in [6, 6.07) is 7.63. The van der Waals surface area contributed by atoms with Crippen LogP contribution in [0.4, 0.5) is 0 Å². The molecular formula is C8H6BrNO. The molecule has 1 aliphatic rings. The molecule has 3 heteroatoms. The fourth-order valence-corrected chi connectivity index (χ4v) is 1.68. The number of rotatable bonds is 0. The third-order valence-corrected chi connectivity index (χ3v) is 2.35. The van der Waals surface area contributed by atoms with Crippen LogP contribution in [0.5, 0.6) is 0 Å². The molecule has 1 aromatic carbocycles. The van der Waals surface area contributed by atoms with Crippen molar-refractivity contribution in [3.63, 3.8) is 0 Å². The van der Waals surface area contributed by atoms with Crippen molar-refractivity contribution < 1.29 is 4.79 Å². The van der Waals surface area contributed by atoms with E-state index in [1.807, 2.05) is 24.3 Å². The van der Waals surface area contributed by atoms with Crippen molar-refractivity contribution >= 4 is 22.1 Å². The zero-order chi connectivity index (χ0) is 7.84. The van der Waals surface area contributed by atoms with Crippen LogP contribution in [0.2, 0.25) is 0 Å². The molecule has 1 amide bonds. The van der Waals surface area contributed by atoms with Gasteiger partial charge in [0.1, 0.15) is 0 Å². The van der Waals surface area contributed by atoms with Gasteiger partial charge in [-0.05, 0) is 11.6 Å². The van der Waals surface area contributed by atoms with Crippen molar-refractivity contribution in [3.05, 3.63) is 35.4 Å². The molecule has 0 aliphatic carbocycles. The van der Waals surface area contributed by atoms with Crippen LogP contribution in [0.25, 0.3) is 0 Å². The number of nitrogens with zero attached hydrogens (tertiary/aromatic N) is 1. The van der Waals surface area contributed by atoms with Crippen LogP contribution in [-0.2, 0) is 6.54 Å². The first kappa shape index (κ1) is 6.85. The van der Waals surface area contributed by atoms with Gasteiger partial charge in [-0.1, -0.05) is 18.2 Å². The Morgan fingerprint density at radius 3 is 2.82 bits per heavy atom. The van der Waals surface area contributed by atoms with Gasteiger partial charge in [0.2, 0.25) is 0 Å². The Kier molecular flexibility index (Phi) is 1.46. The van der Waals surface area contributed by atoms with E-state index in [4.69, 9.17) is 0 Å². The Bertz CT molecular complexity index is 311. The van der Waals surface area contributed by atoms with Gasteiger partial charge in [0.25, 0.3) is 5.91 Å². The fourth-order valence-electron chi connectivity index (χ4n) is 1.22. The van der Waals surface area contributed by atoms with Crippen molar-refractivity contribution in [3.8, 4) is 0 Å². The first-order chi connectivity index (χ1) is 5.29. The summed E-state index contributed by atoms with van der Waals surface area (Å²) in [6.07, 6.45) is 0. The van der Waals surface area contributed by atoms with Crippen molar-refractivity contribution in [1.29, 1.82) is 0 Å². The molecule has 1 aromatic rings. The second-order valence-corrected chi connectivity index (χ2v) is 3.34. The number of hydrogen-bond acceptors (Lipinski definition) is 1. The second-order valence-electron chi connectivity index (χ2n) is 2.48. The predicted octanol–water partition coefficient (Wildman–Crippen LogP) is 1.95. The van der Waals surface area contributed by atoms with Crippen LogP contribution < -0.4 is 0 Å². The summed E-state index contributed by atoms with van der Waals surface area (Å²) in [5, 5.41) is 0. The van der Waals surface area contributed by atoms with Gasteiger partial charge < -0.3 is 0 Å². The molecular weight excluding hydrogens is 206 g/mol. The van der Waals surface area contributed by atoms with Gasteiger partial charge in [-0.3, -0.25) is 8.72 Å². The number of hydrogen-bond donors (Lipinski definition) is 0. The Labute approximate surface area is 73.2 Å². The Morgan fingerprint density at radius 2 is 2.09 bits per heavy atom. The molecule has 0 bridgehead atoms. The van der Waals surface area contributed by atoms with Crippen molar-refractivity contribution in [2.45, 2.75) is 6.54 Å². The number of carbonyl (C=O) groups excluding carboxylic acids is 1. The highest BCUT2D eigenvalue weighted by atomic mass is 79.9. The minimum absolute atomic E-state index is 0.0561. The maximum absolute atomic E-state index is 11.3. The summed E-state index contributed by atoms with van der Waals surface area (Å²) in [7, 11) is 0. The molecule has 0 N–H and O–H groups in total. The molecule has 0 fully saturated rings. The second kappa shape index (κ2) is 2.34. The van der Waals surface area contributed by atoms with Gasteiger partial charge in [-0.2, -0.15) is 0 Å². The lowest BCUT2D eigenvalue weighted by Gasteiger charge is -2.00. The molecule has 0 radical (unpaired) electrons. The van der Waals surface area contributed by atoms with E-state index in [0.29, 0.717) is 6.54 Å². The van der Waals surface area contributed by atoms with Gasteiger partial charge in [-0.25, -0.2) is 0 Å². The standard InChI is InChI=1S/C8H6BrNO/c9-10-5-6-3-1-2-4-7(6)8(10)11/h1-4H,5H2. The Balaban J connectivity index is 2.55. The summed E-state index contributed by atoms with van der Waals surface area (Å²) >= 11 is 3.17. The van der Waals surface area contributed by atoms with Gasteiger partial charge >= 0.3 is 0 Å².